The minimum atomic E-state index is -1.43. The number of hydrogen-bond acceptors (Lipinski definition) is 5. The Kier molecular flexibility index (Phi) is 5.37. The Balaban J connectivity index is 2.90. The van der Waals surface area contributed by atoms with Gasteiger partial charge in [0.15, 0.2) is 6.04 Å². The number of nitrogens with one attached hydrogen (secondary N) is 1. The molecule has 0 bridgehead atoms. The Labute approximate surface area is 120 Å². The number of aliphatic hydroxyl groups excluding tert-OH is 1. The van der Waals surface area contributed by atoms with Gasteiger partial charge in [-0.15, -0.1) is 0 Å². The number of carboxylic acid groups (broad SMARTS) is 1. The molecule has 21 heavy (non-hydrogen) atoms. The van der Waals surface area contributed by atoms with Crippen molar-refractivity contribution in [2.24, 2.45) is 0 Å². The fourth-order valence-electron chi connectivity index (χ4n) is 1.73. The van der Waals surface area contributed by atoms with Crippen molar-refractivity contribution in [1.29, 1.82) is 0 Å². The van der Waals surface area contributed by atoms with Crippen molar-refractivity contribution >= 4 is 17.6 Å². The van der Waals surface area contributed by atoms with Gasteiger partial charge in [0.05, 0.1) is 16.9 Å². The van der Waals surface area contributed by atoms with E-state index in [-0.39, 0.29) is 5.69 Å². The predicted molar refractivity (Wildman–Crippen MR) is 72.8 cm³/mol. The molecule has 0 saturated carbocycles. The van der Waals surface area contributed by atoms with E-state index in [0.717, 1.165) is 0 Å². The molecule has 0 spiro atoms. The Hall–Kier alpha value is -2.48. The Morgan fingerprint density at radius 1 is 1.33 bits per heavy atom. The molecule has 0 aliphatic carbocycles. The highest BCUT2D eigenvalue weighted by Gasteiger charge is 2.27. The summed E-state index contributed by atoms with van der Waals surface area (Å²) < 4.78 is 0. The summed E-state index contributed by atoms with van der Waals surface area (Å²) in [6.07, 6.45) is -1.26. The van der Waals surface area contributed by atoms with Crippen LogP contribution in [0.5, 0.6) is 0 Å². The number of nitrogens with zero attached hydrogens (tertiary/aromatic N) is 1. The molecule has 0 aromatic heterocycles. The van der Waals surface area contributed by atoms with Crippen molar-refractivity contribution in [3.05, 3.63) is 39.9 Å². The van der Waals surface area contributed by atoms with E-state index in [1.807, 2.05) is 0 Å². The lowest BCUT2D eigenvalue weighted by atomic mass is 9.99. The third-order valence-electron chi connectivity index (χ3n) is 3.02. The Morgan fingerprint density at radius 3 is 2.43 bits per heavy atom. The maximum atomic E-state index is 12.0. The Morgan fingerprint density at radius 2 is 1.95 bits per heavy atom. The van der Waals surface area contributed by atoms with Crippen LogP contribution in [0.1, 0.15) is 25.3 Å². The second kappa shape index (κ2) is 6.80. The number of carboxylic acids is 1. The molecule has 0 radical (unpaired) electrons. The van der Waals surface area contributed by atoms with Crippen molar-refractivity contribution in [1.82, 2.24) is 5.32 Å². The van der Waals surface area contributed by atoms with Gasteiger partial charge in [-0.3, -0.25) is 14.9 Å². The van der Waals surface area contributed by atoms with Crippen molar-refractivity contribution < 1.29 is 24.7 Å². The van der Waals surface area contributed by atoms with Crippen molar-refractivity contribution in [3.8, 4) is 0 Å². The van der Waals surface area contributed by atoms with Gasteiger partial charge >= 0.3 is 5.97 Å². The topological polar surface area (TPSA) is 130 Å². The maximum absolute atomic E-state index is 12.0. The van der Waals surface area contributed by atoms with Crippen LogP contribution in [0.3, 0.4) is 0 Å². The molecule has 0 heterocycles. The van der Waals surface area contributed by atoms with Gasteiger partial charge < -0.3 is 15.5 Å². The van der Waals surface area contributed by atoms with Crippen LogP contribution in [0.2, 0.25) is 0 Å². The average Bonchev–Trinajstić information content (AvgIpc) is 2.42. The summed E-state index contributed by atoms with van der Waals surface area (Å²) in [6, 6.07) is 4.10. The van der Waals surface area contributed by atoms with E-state index in [0.29, 0.717) is 5.56 Å². The number of hydrogen-bond donors (Lipinski definition) is 3. The van der Waals surface area contributed by atoms with Gasteiger partial charge in [-0.25, -0.2) is 4.79 Å². The molecule has 1 rings (SSSR count). The van der Waals surface area contributed by atoms with Gasteiger partial charge in [-0.2, -0.15) is 0 Å². The molecule has 8 nitrogen and oxygen atoms in total. The van der Waals surface area contributed by atoms with Crippen LogP contribution < -0.4 is 5.32 Å². The standard InChI is InChI=1S/C13H16N2O6/c1-7(9-4-3-5-10(6-9)15(20)21)12(17)14-11(8(2)16)13(18)19/h3-8,11,16H,1-2H3,(H,14,17)(H,18,19). The number of carbonyl (C=O) groups is 2. The summed E-state index contributed by atoms with van der Waals surface area (Å²) in [4.78, 5) is 33.0. The highest BCUT2D eigenvalue weighted by molar-refractivity contribution is 5.88. The Bertz CT molecular complexity index is 557. The summed E-state index contributed by atoms with van der Waals surface area (Å²) in [6.45, 7) is 2.74. The zero-order chi connectivity index (χ0) is 16.2. The maximum Gasteiger partial charge on any atom is 0.328 e. The van der Waals surface area contributed by atoms with E-state index in [2.05, 4.69) is 5.32 Å². The molecule has 3 N–H and O–H groups in total. The molecule has 1 amide bonds. The van der Waals surface area contributed by atoms with E-state index in [1.54, 1.807) is 0 Å². The van der Waals surface area contributed by atoms with Crippen molar-refractivity contribution in [2.45, 2.75) is 31.9 Å². The zero-order valence-electron chi connectivity index (χ0n) is 11.5. The number of non-ortho nitro benzene ring substituents is 1. The second-order valence-electron chi connectivity index (χ2n) is 4.64. The lowest BCUT2D eigenvalue weighted by Gasteiger charge is -2.19. The summed E-state index contributed by atoms with van der Waals surface area (Å²) in [7, 11) is 0. The number of nitro benzene ring substituents is 1. The SMILES string of the molecule is CC(C(=O)NC(C(=O)O)C(C)O)c1cccc([N+](=O)[O-])c1. The first kappa shape index (κ1) is 16.6. The number of aliphatic hydroxyl groups is 1. The van der Waals surface area contributed by atoms with Crippen molar-refractivity contribution in [2.75, 3.05) is 0 Å². The van der Waals surface area contributed by atoms with E-state index >= 15 is 0 Å². The third-order valence-corrected chi connectivity index (χ3v) is 3.02. The number of nitro groups is 1. The quantitative estimate of drug-likeness (QED) is 0.522. The van der Waals surface area contributed by atoms with Crippen LogP contribution in [0.4, 0.5) is 5.69 Å². The van der Waals surface area contributed by atoms with Crippen LogP contribution in [0.25, 0.3) is 0 Å². The molecule has 0 aliphatic rings. The minimum Gasteiger partial charge on any atom is -0.480 e. The number of rotatable bonds is 6. The predicted octanol–water partition coefficient (Wildman–Crippen LogP) is 0.648. The van der Waals surface area contributed by atoms with Gasteiger partial charge in [-0.05, 0) is 19.4 Å². The first-order valence-electron chi connectivity index (χ1n) is 6.19. The van der Waals surface area contributed by atoms with Crippen LogP contribution in [-0.2, 0) is 9.59 Å². The second-order valence-corrected chi connectivity index (χ2v) is 4.64. The average molecular weight is 296 g/mol. The minimum absolute atomic E-state index is 0.155. The van der Waals surface area contributed by atoms with Gasteiger partial charge in [-0.1, -0.05) is 12.1 Å². The zero-order valence-corrected chi connectivity index (χ0v) is 11.5. The molecule has 8 heteroatoms. The highest BCUT2D eigenvalue weighted by atomic mass is 16.6. The van der Waals surface area contributed by atoms with E-state index < -0.39 is 34.9 Å². The van der Waals surface area contributed by atoms with Crippen LogP contribution in [-0.4, -0.2) is 39.2 Å². The lowest BCUT2D eigenvalue weighted by Crippen LogP contribution is -2.48. The molecule has 0 fully saturated rings. The molecular weight excluding hydrogens is 280 g/mol. The monoisotopic (exact) mass is 296 g/mol. The number of carbonyl (C=O) groups excluding carboxylic acids is 1. The highest BCUT2D eigenvalue weighted by Crippen LogP contribution is 2.21. The lowest BCUT2D eigenvalue weighted by molar-refractivity contribution is -0.384. The molecular formula is C13H16N2O6. The van der Waals surface area contributed by atoms with Crippen LogP contribution >= 0.6 is 0 Å². The molecule has 0 saturated heterocycles. The summed E-state index contributed by atoms with van der Waals surface area (Å²) >= 11 is 0. The molecule has 114 valence electrons. The smallest absolute Gasteiger partial charge is 0.328 e. The normalized spacial score (nSPS) is 14.8. The van der Waals surface area contributed by atoms with Crippen LogP contribution in [0.15, 0.2) is 24.3 Å². The van der Waals surface area contributed by atoms with Crippen LogP contribution in [0, 0.1) is 10.1 Å². The summed E-state index contributed by atoms with van der Waals surface area (Å²) in [5.74, 6) is -2.78. The third kappa shape index (κ3) is 4.25. The number of benzene rings is 1. The molecule has 1 aromatic rings. The molecule has 0 aliphatic heterocycles. The van der Waals surface area contributed by atoms with Gasteiger partial charge in [0.1, 0.15) is 0 Å². The molecule has 3 atom stereocenters. The fraction of sp³-hybridized carbons (Fsp3) is 0.385. The van der Waals surface area contributed by atoms with E-state index in [9.17, 15) is 24.8 Å². The fourth-order valence-corrected chi connectivity index (χ4v) is 1.73. The summed E-state index contributed by atoms with van der Waals surface area (Å²) in [5, 5.41) is 31.1. The first-order chi connectivity index (χ1) is 9.73. The van der Waals surface area contributed by atoms with E-state index in [1.165, 1.54) is 38.1 Å². The van der Waals surface area contributed by atoms with Gasteiger partial charge in [0.2, 0.25) is 5.91 Å². The summed E-state index contributed by atoms with van der Waals surface area (Å²) in [5.41, 5.74) is 0.230. The van der Waals surface area contributed by atoms with E-state index in [4.69, 9.17) is 5.11 Å². The first-order valence-corrected chi connectivity index (χ1v) is 6.19. The van der Waals surface area contributed by atoms with Gasteiger partial charge in [0, 0.05) is 12.1 Å². The van der Waals surface area contributed by atoms with Crippen molar-refractivity contribution in [3.63, 3.8) is 0 Å². The number of amides is 1. The number of aliphatic carboxylic acids is 1. The molecule has 3 unspecified atom stereocenters. The van der Waals surface area contributed by atoms with Gasteiger partial charge in [0.25, 0.3) is 5.69 Å². The largest absolute Gasteiger partial charge is 0.480 e. The molecule has 1 aromatic carbocycles.